The van der Waals surface area contributed by atoms with Gasteiger partial charge in [-0.3, -0.25) is 4.98 Å². The molecule has 2 heterocycles. The molecule has 1 N–H and O–H groups in total. The molecule has 0 spiro atoms. The molecular formula is C11H15N3S. The first-order chi connectivity index (χ1) is 7.19. The van der Waals surface area contributed by atoms with Gasteiger partial charge in [0.15, 0.2) is 5.13 Å². The Bertz CT molecular complexity index is 464. The number of pyridine rings is 1. The van der Waals surface area contributed by atoms with Gasteiger partial charge in [-0.05, 0) is 26.3 Å². The van der Waals surface area contributed by atoms with Crippen molar-refractivity contribution in [2.45, 2.75) is 33.2 Å². The molecule has 0 fully saturated rings. The van der Waals surface area contributed by atoms with Crippen molar-refractivity contribution in [3.8, 4) is 0 Å². The number of aromatic nitrogens is 2. The summed E-state index contributed by atoms with van der Waals surface area (Å²) in [5, 5.41) is 4.37. The van der Waals surface area contributed by atoms with Crippen molar-refractivity contribution in [1.29, 1.82) is 0 Å². The summed E-state index contributed by atoms with van der Waals surface area (Å²) in [4.78, 5) is 8.79. The minimum atomic E-state index is 0.472. The molecule has 3 nitrogen and oxygen atoms in total. The molecule has 2 rings (SSSR count). The fourth-order valence-corrected chi connectivity index (χ4v) is 2.24. The third-order valence-corrected chi connectivity index (χ3v) is 3.33. The fourth-order valence-electron chi connectivity index (χ4n) is 1.31. The monoisotopic (exact) mass is 221 g/mol. The Balaban J connectivity index is 2.30. The molecule has 15 heavy (non-hydrogen) atoms. The molecule has 0 aliphatic heterocycles. The van der Waals surface area contributed by atoms with Crippen molar-refractivity contribution in [1.82, 2.24) is 9.97 Å². The van der Waals surface area contributed by atoms with Gasteiger partial charge in [-0.1, -0.05) is 18.3 Å². The number of aryl methyl sites for hydroxylation is 1. The predicted molar refractivity (Wildman–Crippen MR) is 65.5 cm³/mol. The molecule has 0 bridgehead atoms. The predicted octanol–water partition coefficient (Wildman–Crippen LogP) is 3.21. The van der Waals surface area contributed by atoms with Crippen molar-refractivity contribution < 1.29 is 0 Å². The van der Waals surface area contributed by atoms with Crippen LogP contribution in [0.1, 0.15) is 26.0 Å². The van der Waals surface area contributed by atoms with Gasteiger partial charge >= 0.3 is 0 Å². The highest BCUT2D eigenvalue weighted by molar-refractivity contribution is 7.22. The van der Waals surface area contributed by atoms with E-state index in [0.29, 0.717) is 6.04 Å². The van der Waals surface area contributed by atoms with Gasteiger partial charge in [0.1, 0.15) is 0 Å². The molecule has 0 radical (unpaired) electrons. The molecule has 80 valence electrons. The maximum atomic E-state index is 4.53. The molecule has 1 atom stereocenters. The van der Waals surface area contributed by atoms with E-state index in [2.05, 4.69) is 29.1 Å². The minimum absolute atomic E-state index is 0.472. The Morgan fingerprint density at radius 2 is 2.33 bits per heavy atom. The molecule has 4 heteroatoms. The average Bonchev–Trinajstić information content (AvgIpc) is 2.59. The summed E-state index contributed by atoms with van der Waals surface area (Å²) in [5.41, 5.74) is 2.06. The maximum absolute atomic E-state index is 4.53. The zero-order valence-electron chi connectivity index (χ0n) is 9.24. The summed E-state index contributed by atoms with van der Waals surface area (Å²) < 4.78 is 1.14. The van der Waals surface area contributed by atoms with Crippen molar-refractivity contribution in [3.63, 3.8) is 0 Å². The Morgan fingerprint density at radius 1 is 1.53 bits per heavy atom. The quantitative estimate of drug-likeness (QED) is 0.864. The van der Waals surface area contributed by atoms with Gasteiger partial charge in [0.2, 0.25) is 0 Å². The summed E-state index contributed by atoms with van der Waals surface area (Å²) in [5.74, 6) is 0. The lowest BCUT2D eigenvalue weighted by Crippen LogP contribution is -2.12. The first kappa shape index (κ1) is 10.4. The number of anilines is 1. The third kappa shape index (κ3) is 2.26. The van der Waals surface area contributed by atoms with Gasteiger partial charge in [0.25, 0.3) is 0 Å². The zero-order valence-corrected chi connectivity index (χ0v) is 10.1. The lowest BCUT2D eigenvalue weighted by atomic mass is 10.3. The molecule has 0 saturated heterocycles. The van der Waals surface area contributed by atoms with Crippen LogP contribution in [-0.2, 0) is 0 Å². The molecule has 0 aliphatic rings. The van der Waals surface area contributed by atoms with Crippen molar-refractivity contribution >= 4 is 26.7 Å². The number of rotatable bonds is 3. The molecule has 2 aromatic heterocycles. The zero-order chi connectivity index (χ0) is 10.8. The van der Waals surface area contributed by atoms with E-state index in [9.17, 15) is 0 Å². The topological polar surface area (TPSA) is 37.8 Å². The lowest BCUT2D eigenvalue weighted by molar-refractivity contribution is 0.763. The summed E-state index contributed by atoms with van der Waals surface area (Å²) >= 11 is 1.66. The molecular weight excluding hydrogens is 206 g/mol. The van der Waals surface area contributed by atoms with Crippen molar-refractivity contribution in [2.24, 2.45) is 0 Å². The highest BCUT2D eigenvalue weighted by Crippen LogP contribution is 2.26. The molecule has 0 amide bonds. The van der Waals surface area contributed by atoms with Crippen LogP contribution in [0.15, 0.2) is 12.3 Å². The van der Waals surface area contributed by atoms with Gasteiger partial charge in [-0.25, -0.2) is 4.98 Å². The van der Waals surface area contributed by atoms with Gasteiger partial charge in [-0.15, -0.1) is 0 Å². The second-order valence-electron chi connectivity index (χ2n) is 3.77. The van der Waals surface area contributed by atoms with Crippen LogP contribution in [0.5, 0.6) is 0 Å². The molecule has 2 aromatic rings. The summed E-state index contributed by atoms with van der Waals surface area (Å²) in [6.07, 6.45) is 3.00. The fraction of sp³-hybridized carbons (Fsp3) is 0.455. The van der Waals surface area contributed by atoms with E-state index in [-0.39, 0.29) is 0 Å². The SMILES string of the molecule is CCC(C)Nc1nc2cc(C)ncc2s1. The largest absolute Gasteiger partial charge is 0.359 e. The van der Waals surface area contributed by atoms with Crippen LogP contribution < -0.4 is 5.32 Å². The van der Waals surface area contributed by atoms with E-state index in [4.69, 9.17) is 0 Å². The van der Waals surface area contributed by atoms with E-state index >= 15 is 0 Å². The van der Waals surface area contributed by atoms with Crippen LogP contribution in [-0.4, -0.2) is 16.0 Å². The Hall–Kier alpha value is -1.16. The van der Waals surface area contributed by atoms with Gasteiger partial charge in [0, 0.05) is 17.9 Å². The summed E-state index contributed by atoms with van der Waals surface area (Å²) in [6, 6.07) is 2.49. The molecule has 0 saturated carbocycles. The first-order valence-electron chi connectivity index (χ1n) is 5.18. The van der Waals surface area contributed by atoms with Crippen LogP contribution in [0.4, 0.5) is 5.13 Å². The highest BCUT2D eigenvalue weighted by atomic mass is 32.1. The molecule has 0 aromatic carbocycles. The van der Waals surface area contributed by atoms with E-state index < -0.39 is 0 Å². The summed E-state index contributed by atoms with van der Waals surface area (Å²) in [6.45, 7) is 6.31. The number of thiazole rings is 1. The second kappa shape index (κ2) is 4.14. The standard InChI is InChI=1S/C11H15N3S/c1-4-7(2)13-11-14-9-5-8(3)12-6-10(9)15-11/h5-7H,4H2,1-3H3,(H,13,14). The molecule has 1 unspecified atom stereocenters. The Kier molecular flexibility index (Phi) is 2.86. The van der Waals surface area contributed by atoms with Crippen LogP contribution >= 0.6 is 11.3 Å². The van der Waals surface area contributed by atoms with Crippen LogP contribution in [0.2, 0.25) is 0 Å². The summed E-state index contributed by atoms with van der Waals surface area (Å²) in [7, 11) is 0. The number of hydrogen-bond donors (Lipinski definition) is 1. The van der Waals surface area contributed by atoms with Crippen LogP contribution in [0.3, 0.4) is 0 Å². The number of nitrogens with one attached hydrogen (secondary N) is 1. The number of nitrogens with zero attached hydrogens (tertiary/aromatic N) is 2. The van der Waals surface area contributed by atoms with E-state index in [1.807, 2.05) is 19.2 Å². The molecule has 0 aliphatic carbocycles. The van der Waals surface area contributed by atoms with Crippen LogP contribution in [0.25, 0.3) is 10.2 Å². The maximum Gasteiger partial charge on any atom is 0.184 e. The van der Waals surface area contributed by atoms with E-state index in [1.165, 1.54) is 0 Å². The first-order valence-corrected chi connectivity index (χ1v) is 6.00. The van der Waals surface area contributed by atoms with Gasteiger partial charge in [0.05, 0.1) is 10.2 Å². The van der Waals surface area contributed by atoms with Gasteiger partial charge < -0.3 is 5.32 Å². The number of fused-ring (bicyclic) bond motifs is 1. The van der Waals surface area contributed by atoms with Crippen LogP contribution in [0, 0.1) is 6.92 Å². The highest BCUT2D eigenvalue weighted by Gasteiger charge is 2.06. The smallest absolute Gasteiger partial charge is 0.184 e. The Labute approximate surface area is 93.6 Å². The third-order valence-electron chi connectivity index (χ3n) is 2.39. The minimum Gasteiger partial charge on any atom is -0.359 e. The van der Waals surface area contributed by atoms with Crippen molar-refractivity contribution in [3.05, 3.63) is 18.0 Å². The normalized spacial score (nSPS) is 13.0. The van der Waals surface area contributed by atoms with Gasteiger partial charge in [-0.2, -0.15) is 0 Å². The van der Waals surface area contributed by atoms with E-state index in [0.717, 1.165) is 27.5 Å². The average molecular weight is 221 g/mol. The van der Waals surface area contributed by atoms with E-state index in [1.54, 1.807) is 11.3 Å². The second-order valence-corrected chi connectivity index (χ2v) is 4.80. The van der Waals surface area contributed by atoms with Crippen molar-refractivity contribution in [2.75, 3.05) is 5.32 Å². The Morgan fingerprint density at radius 3 is 3.07 bits per heavy atom. The lowest BCUT2D eigenvalue weighted by Gasteiger charge is -2.08. The number of hydrogen-bond acceptors (Lipinski definition) is 4.